The Balaban J connectivity index is 1.84. The lowest BCUT2D eigenvalue weighted by Gasteiger charge is -2.19. The van der Waals surface area contributed by atoms with Crippen molar-refractivity contribution in [2.75, 3.05) is 19.7 Å². The summed E-state index contributed by atoms with van der Waals surface area (Å²) in [5, 5.41) is 3.43. The second-order valence-corrected chi connectivity index (χ2v) is 5.14. The fraction of sp³-hybridized carbons (Fsp3) is 1.00. The Morgan fingerprint density at radius 3 is 2.46 bits per heavy atom. The molecule has 0 amide bonds. The summed E-state index contributed by atoms with van der Waals surface area (Å²) in [6, 6.07) is 0. The van der Waals surface area contributed by atoms with Gasteiger partial charge in [-0.05, 0) is 45.6 Å². The minimum Gasteiger partial charge on any atom is -0.375 e. The Hall–Kier alpha value is -0.0800. The average molecular weight is 185 g/mol. The lowest BCUT2D eigenvalue weighted by Crippen LogP contribution is -2.27. The monoisotopic (exact) mass is 185 g/mol. The van der Waals surface area contributed by atoms with Crippen LogP contribution in [0.25, 0.3) is 0 Å². The van der Waals surface area contributed by atoms with Gasteiger partial charge in [-0.15, -0.1) is 0 Å². The van der Waals surface area contributed by atoms with E-state index in [1.165, 1.54) is 13.0 Å². The van der Waals surface area contributed by atoms with Crippen LogP contribution < -0.4 is 5.32 Å². The van der Waals surface area contributed by atoms with Crippen LogP contribution in [0.3, 0.4) is 0 Å². The number of rotatable bonds is 5. The van der Waals surface area contributed by atoms with Gasteiger partial charge in [0.05, 0.1) is 12.2 Å². The number of hydrogen-bond donors (Lipinski definition) is 1. The molecule has 78 valence electrons. The predicted molar refractivity (Wildman–Crippen MR) is 55.8 cm³/mol. The van der Waals surface area contributed by atoms with Gasteiger partial charge in [-0.1, -0.05) is 6.92 Å². The Kier molecular flexibility index (Phi) is 3.74. The van der Waals surface area contributed by atoms with Gasteiger partial charge >= 0.3 is 0 Å². The fourth-order valence-corrected chi connectivity index (χ4v) is 1.40. The zero-order chi connectivity index (χ0) is 9.90. The van der Waals surface area contributed by atoms with E-state index >= 15 is 0 Å². The molecule has 0 spiro atoms. The third kappa shape index (κ3) is 5.27. The zero-order valence-corrected chi connectivity index (χ0v) is 9.39. The molecule has 1 rings (SSSR count). The summed E-state index contributed by atoms with van der Waals surface area (Å²) in [5.74, 6) is 1.89. The largest absolute Gasteiger partial charge is 0.375 e. The van der Waals surface area contributed by atoms with Crippen LogP contribution in [-0.4, -0.2) is 25.3 Å². The number of nitrogens with one attached hydrogen (secondary N) is 1. The van der Waals surface area contributed by atoms with Gasteiger partial charge in [-0.25, -0.2) is 0 Å². The Morgan fingerprint density at radius 2 is 2.00 bits per heavy atom. The van der Waals surface area contributed by atoms with Crippen molar-refractivity contribution in [3.63, 3.8) is 0 Å². The van der Waals surface area contributed by atoms with Crippen LogP contribution in [0.5, 0.6) is 0 Å². The molecular weight excluding hydrogens is 162 g/mol. The number of ether oxygens (including phenoxy) is 1. The Bertz CT molecular complexity index is 151. The first-order valence-corrected chi connectivity index (χ1v) is 5.34. The predicted octanol–water partition coefficient (Wildman–Crippen LogP) is 2.05. The molecule has 2 nitrogen and oxygen atoms in total. The first-order chi connectivity index (χ1) is 5.99. The highest BCUT2D eigenvalue weighted by Gasteiger charge is 2.31. The quantitative estimate of drug-likeness (QED) is 0.662. The van der Waals surface area contributed by atoms with Crippen molar-refractivity contribution in [3.05, 3.63) is 0 Å². The zero-order valence-electron chi connectivity index (χ0n) is 9.39. The van der Waals surface area contributed by atoms with E-state index in [9.17, 15) is 0 Å². The maximum Gasteiger partial charge on any atom is 0.0599 e. The second kappa shape index (κ2) is 4.43. The van der Waals surface area contributed by atoms with E-state index in [-0.39, 0.29) is 5.60 Å². The van der Waals surface area contributed by atoms with Crippen molar-refractivity contribution in [2.45, 2.75) is 39.7 Å². The first-order valence-electron chi connectivity index (χ1n) is 5.34. The molecule has 0 aliphatic heterocycles. The summed E-state index contributed by atoms with van der Waals surface area (Å²) in [7, 11) is 0. The minimum atomic E-state index is 0.00848. The molecule has 2 unspecified atom stereocenters. The molecule has 1 saturated carbocycles. The fourth-order valence-electron chi connectivity index (χ4n) is 1.40. The molecule has 0 aromatic heterocycles. The lowest BCUT2D eigenvalue weighted by molar-refractivity contribution is -0.000831. The molecule has 0 bridgehead atoms. The number of hydrogen-bond acceptors (Lipinski definition) is 2. The topological polar surface area (TPSA) is 21.3 Å². The summed E-state index contributed by atoms with van der Waals surface area (Å²) in [4.78, 5) is 0. The molecule has 1 fully saturated rings. The molecule has 13 heavy (non-hydrogen) atoms. The normalized spacial score (nSPS) is 27.7. The summed E-state index contributed by atoms with van der Waals surface area (Å²) in [6.45, 7) is 11.6. The van der Waals surface area contributed by atoms with Crippen LogP contribution >= 0.6 is 0 Å². The van der Waals surface area contributed by atoms with E-state index in [1.54, 1.807) is 0 Å². The summed E-state index contributed by atoms with van der Waals surface area (Å²) >= 11 is 0. The van der Waals surface area contributed by atoms with Crippen molar-refractivity contribution < 1.29 is 4.74 Å². The van der Waals surface area contributed by atoms with Crippen molar-refractivity contribution in [1.82, 2.24) is 5.32 Å². The van der Waals surface area contributed by atoms with Gasteiger partial charge in [-0.3, -0.25) is 0 Å². The lowest BCUT2D eigenvalue weighted by atomic mass is 10.2. The summed E-state index contributed by atoms with van der Waals surface area (Å²) in [5.41, 5.74) is 0.00848. The van der Waals surface area contributed by atoms with Crippen LogP contribution in [0.15, 0.2) is 0 Å². The molecule has 1 N–H and O–H groups in total. The molecule has 1 aliphatic rings. The second-order valence-electron chi connectivity index (χ2n) is 5.14. The van der Waals surface area contributed by atoms with Gasteiger partial charge in [0.2, 0.25) is 0 Å². The van der Waals surface area contributed by atoms with Gasteiger partial charge in [0.25, 0.3) is 0 Å². The van der Waals surface area contributed by atoms with Gasteiger partial charge < -0.3 is 10.1 Å². The van der Waals surface area contributed by atoms with E-state index in [0.717, 1.165) is 25.0 Å². The van der Waals surface area contributed by atoms with Crippen LogP contribution in [-0.2, 0) is 4.74 Å². The van der Waals surface area contributed by atoms with Crippen LogP contribution in [0.2, 0.25) is 0 Å². The Morgan fingerprint density at radius 1 is 1.38 bits per heavy atom. The molecular formula is C11H23NO. The van der Waals surface area contributed by atoms with Gasteiger partial charge in [0, 0.05) is 6.54 Å². The van der Waals surface area contributed by atoms with Gasteiger partial charge in [-0.2, -0.15) is 0 Å². The van der Waals surface area contributed by atoms with Crippen LogP contribution in [0, 0.1) is 11.8 Å². The maximum absolute atomic E-state index is 5.60. The summed E-state index contributed by atoms with van der Waals surface area (Å²) in [6.07, 6.45) is 1.41. The van der Waals surface area contributed by atoms with Gasteiger partial charge in [0.15, 0.2) is 0 Å². The third-order valence-electron chi connectivity index (χ3n) is 2.50. The van der Waals surface area contributed by atoms with Gasteiger partial charge in [0.1, 0.15) is 0 Å². The van der Waals surface area contributed by atoms with Crippen LogP contribution in [0.1, 0.15) is 34.1 Å². The highest BCUT2D eigenvalue weighted by atomic mass is 16.5. The Labute approximate surface area is 82.0 Å². The molecule has 2 atom stereocenters. The maximum atomic E-state index is 5.60. The highest BCUT2D eigenvalue weighted by Crippen LogP contribution is 2.36. The van der Waals surface area contributed by atoms with Crippen molar-refractivity contribution in [3.8, 4) is 0 Å². The highest BCUT2D eigenvalue weighted by molar-refractivity contribution is 4.83. The molecule has 0 aromatic rings. The molecule has 1 aliphatic carbocycles. The van der Waals surface area contributed by atoms with E-state index in [2.05, 4.69) is 33.0 Å². The van der Waals surface area contributed by atoms with E-state index < -0.39 is 0 Å². The van der Waals surface area contributed by atoms with Crippen molar-refractivity contribution >= 4 is 0 Å². The standard InChI is InChI=1S/C11H23NO/c1-9-7-10(9)8-12-5-6-13-11(2,3)4/h9-10,12H,5-8H2,1-4H3. The first kappa shape index (κ1) is 11.0. The van der Waals surface area contributed by atoms with Crippen molar-refractivity contribution in [2.24, 2.45) is 11.8 Å². The average Bonchev–Trinajstić information content (AvgIpc) is 2.63. The molecule has 0 aromatic carbocycles. The molecule has 2 heteroatoms. The van der Waals surface area contributed by atoms with E-state index in [0.29, 0.717) is 0 Å². The molecule has 0 saturated heterocycles. The minimum absolute atomic E-state index is 0.00848. The third-order valence-corrected chi connectivity index (χ3v) is 2.50. The summed E-state index contributed by atoms with van der Waals surface area (Å²) < 4.78 is 5.60. The molecule has 0 heterocycles. The smallest absolute Gasteiger partial charge is 0.0599 e. The van der Waals surface area contributed by atoms with Crippen molar-refractivity contribution in [1.29, 1.82) is 0 Å². The van der Waals surface area contributed by atoms with Crippen LogP contribution in [0.4, 0.5) is 0 Å². The SMILES string of the molecule is CC1CC1CNCCOC(C)(C)C. The molecule has 0 radical (unpaired) electrons. The van der Waals surface area contributed by atoms with E-state index in [4.69, 9.17) is 4.74 Å². The van der Waals surface area contributed by atoms with E-state index in [1.807, 2.05) is 0 Å².